The number of nitro groups is 1. The van der Waals surface area contributed by atoms with Crippen molar-refractivity contribution in [3.8, 4) is 0 Å². The highest BCUT2D eigenvalue weighted by Crippen LogP contribution is 2.35. The zero-order valence-electron chi connectivity index (χ0n) is 10.2. The average Bonchev–Trinajstić information content (AvgIpc) is 2.39. The quantitative estimate of drug-likeness (QED) is 0.685. The summed E-state index contributed by atoms with van der Waals surface area (Å²) in [5.41, 5.74) is 0.506. The molecule has 0 radical (unpaired) electrons. The van der Waals surface area contributed by atoms with Crippen LogP contribution in [0.4, 0.5) is 5.69 Å². The smallest absolute Gasteiger partial charge is 0.283 e. The third-order valence-electron chi connectivity index (χ3n) is 2.51. The van der Waals surface area contributed by atoms with Gasteiger partial charge >= 0.3 is 0 Å². The Kier molecular flexibility index (Phi) is 4.13. The minimum absolute atomic E-state index is 0.0194. The summed E-state index contributed by atoms with van der Waals surface area (Å²) in [5, 5.41) is 21.2. The first kappa shape index (κ1) is 13.5. The second-order valence-electron chi connectivity index (χ2n) is 3.93. The van der Waals surface area contributed by atoms with Crippen LogP contribution in [0.2, 0.25) is 0 Å². The van der Waals surface area contributed by atoms with Crippen molar-refractivity contribution in [2.75, 3.05) is 0 Å². The maximum absolute atomic E-state index is 11.1. The molecule has 0 fully saturated rings. The fourth-order valence-electron chi connectivity index (χ4n) is 1.54. The van der Waals surface area contributed by atoms with E-state index in [1.807, 2.05) is 6.07 Å². The molecular formula is C13H12N2O3S. The van der Waals surface area contributed by atoms with Gasteiger partial charge in [0.1, 0.15) is 5.03 Å². The molecule has 98 valence electrons. The van der Waals surface area contributed by atoms with Crippen LogP contribution < -0.4 is 0 Å². The van der Waals surface area contributed by atoms with Crippen molar-refractivity contribution >= 4 is 17.4 Å². The second kappa shape index (κ2) is 5.81. The van der Waals surface area contributed by atoms with Crippen molar-refractivity contribution in [1.82, 2.24) is 4.98 Å². The Labute approximate surface area is 114 Å². The minimum atomic E-state index is -0.729. The van der Waals surface area contributed by atoms with Gasteiger partial charge in [-0.3, -0.25) is 10.1 Å². The van der Waals surface area contributed by atoms with Gasteiger partial charge in [0.2, 0.25) is 0 Å². The van der Waals surface area contributed by atoms with Crippen molar-refractivity contribution < 1.29 is 10.0 Å². The van der Waals surface area contributed by atoms with E-state index in [-0.39, 0.29) is 5.69 Å². The highest BCUT2D eigenvalue weighted by molar-refractivity contribution is 7.99. The lowest BCUT2D eigenvalue weighted by Crippen LogP contribution is -1.96. The van der Waals surface area contributed by atoms with E-state index in [9.17, 15) is 15.2 Å². The summed E-state index contributed by atoms with van der Waals surface area (Å²) in [5.74, 6) is 0. The van der Waals surface area contributed by atoms with Crippen molar-refractivity contribution in [3.05, 3.63) is 58.3 Å². The molecule has 0 saturated heterocycles. The van der Waals surface area contributed by atoms with Gasteiger partial charge < -0.3 is 5.11 Å². The SMILES string of the molecule is C[C@H](O)c1ccc(Sc2ccccn2)c([N+](=O)[O-])c1. The van der Waals surface area contributed by atoms with Gasteiger partial charge in [-0.25, -0.2) is 4.98 Å². The number of benzene rings is 1. The number of aliphatic hydroxyl groups excluding tert-OH is 1. The Morgan fingerprint density at radius 1 is 1.37 bits per heavy atom. The lowest BCUT2D eigenvalue weighted by Gasteiger charge is -2.07. The molecule has 1 aromatic carbocycles. The summed E-state index contributed by atoms with van der Waals surface area (Å²) in [6.45, 7) is 1.57. The topological polar surface area (TPSA) is 76.3 Å². The monoisotopic (exact) mass is 276 g/mol. The van der Waals surface area contributed by atoms with Crippen LogP contribution in [0.1, 0.15) is 18.6 Å². The molecule has 0 saturated carbocycles. The molecule has 2 rings (SSSR count). The summed E-state index contributed by atoms with van der Waals surface area (Å²) in [4.78, 5) is 15.3. The summed E-state index contributed by atoms with van der Waals surface area (Å²) in [6, 6.07) is 10.1. The van der Waals surface area contributed by atoms with Crippen molar-refractivity contribution in [3.63, 3.8) is 0 Å². The molecule has 0 bridgehead atoms. The van der Waals surface area contributed by atoms with E-state index in [0.29, 0.717) is 15.5 Å². The zero-order valence-corrected chi connectivity index (χ0v) is 11.0. The van der Waals surface area contributed by atoms with E-state index < -0.39 is 11.0 Å². The van der Waals surface area contributed by atoms with E-state index in [2.05, 4.69) is 4.98 Å². The molecule has 5 nitrogen and oxygen atoms in total. The highest BCUT2D eigenvalue weighted by Gasteiger charge is 2.17. The van der Waals surface area contributed by atoms with Crippen molar-refractivity contribution in [2.45, 2.75) is 22.9 Å². The van der Waals surface area contributed by atoms with Crippen LogP contribution in [-0.2, 0) is 0 Å². The zero-order chi connectivity index (χ0) is 13.8. The van der Waals surface area contributed by atoms with E-state index in [1.165, 1.54) is 17.8 Å². The van der Waals surface area contributed by atoms with Gasteiger partial charge in [-0.2, -0.15) is 0 Å². The first-order chi connectivity index (χ1) is 9.08. The van der Waals surface area contributed by atoms with Gasteiger partial charge in [0.05, 0.1) is 15.9 Å². The first-order valence-electron chi connectivity index (χ1n) is 5.63. The number of nitro benzene ring substituents is 1. The maximum atomic E-state index is 11.1. The van der Waals surface area contributed by atoms with E-state index in [4.69, 9.17) is 0 Å². The Hall–Kier alpha value is -1.92. The molecule has 0 aliphatic rings. The van der Waals surface area contributed by atoms with E-state index in [1.54, 1.807) is 37.4 Å². The van der Waals surface area contributed by atoms with Crippen LogP contribution in [0.25, 0.3) is 0 Å². The number of hydrogen-bond donors (Lipinski definition) is 1. The van der Waals surface area contributed by atoms with Gasteiger partial charge in [-0.15, -0.1) is 0 Å². The predicted molar refractivity (Wildman–Crippen MR) is 72.1 cm³/mol. The summed E-state index contributed by atoms with van der Waals surface area (Å²) >= 11 is 1.23. The van der Waals surface area contributed by atoms with Gasteiger partial charge in [-0.1, -0.05) is 23.9 Å². The van der Waals surface area contributed by atoms with Crippen LogP contribution in [0, 0.1) is 10.1 Å². The van der Waals surface area contributed by atoms with Gasteiger partial charge in [0.25, 0.3) is 5.69 Å². The molecule has 6 heteroatoms. The second-order valence-corrected chi connectivity index (χ2v) is 4.99. The van der Waals surface area contributed by atoms with Crippen molar-refractivity contribution in [1.29, 1.82) is 0 Å². The van der Waals surface area contributed by atoms with Crippen LogP contribution >= 0.6 is 11.8 Å². The number of pyridine rings is 1. The van der Waals surface area contributed by atoms with Crippen LogP contribution in [0.15, 0.2) is 52.5 Å². The van der Waals surface area contributed by atoms with Gasteiger partial charge in [0.15, 0.2) is 0 Å². The molecule has 0 unspecified atom stereocenters. The number of aromatic nitrogens is 1. The average molecular weight is 276 g/mol. The molecule has 0 aliphatic carbocycles. The van der Waals surface area contributed by atoms with Crippen LogP contribution in [0.3, 0.4) is 0 Å². The Morgan fingerprint density at radius 2 is 2.16 bits per heavy atom. The minimum Gasteiger partial charge on any atom is -0.389 e. The lowest BCUT2D eigenvalue weighted by molar-refractivity contribution is -0.387. The number of rotatable bonds is 4. The normalized spacial score (nSPS) is 12.1. The molecule has 1 aromatic heterocycles. The number of aliphatic hydroxyl groups is 1. The summed E-state index contributed by atoms with van der Waals surface area (Å²) in [7, 11) is 0. The van der Waals surface area contributed by atoms with Gasteiger partial charge in [-0.05, 0) is 30.7 Å². The highest BCUT2D eigenvalue weighted by atomic mass is 32.2. The third-order valence-corrected chi connectivity index (χ3v) is 3.53. The molecule has 0 aliphatic heterocycles. The fourth-order valence-corrected chi connectivity index (χ4v) is 2.40. The molecule has 0 spiro atoms. The number of nitrogens with zero attached hydrogens (tertiary/aromatic N) is 2. The maximum Gasteiger partial charge on any atom is 0.283 e. The van der Waals surface area contributed by atoms with E-state index >= 15 is 0 Å². The Bertz CT molecular complexity index is 588. The molecule has 19 heavy (non-hydrogen) atoms. The fraction of sp³-hybridized carbons (Fsp3) is 0.154. The first-order valence-corrected chi connectivity index (χ1v) is 6.45. The molecule has 2 aromatic rings. The lowest BCUT2D eigenvalue weighted by atomic mass is 10.1. The molecule has 1 heterocycles. The summed E-state index contributed by atoms with van der Waals surface area (Å²) < 4.78 is 0. The number of hydrogen-bond acceptors (Lipinski definition) is 5. The van der Waals surface area contributed by atoms with Crippen LogP contribution in [0.5, 0.6) is 0 Å². The Morgan fingerprint density at radius 3 is 2.74 bits per heavy atom. The van der Waals surface area contributed by atoms with Gasteiger partial charge in [0, 0.05) is 12.3 Å². The third kappa shape index (κ3) is 3.30. The van der Waals surface area contributed by atoms with Crippen molar-refractivity contribution in [2.24, 2.45) is 0 Å². The largest absolute Gasteiger partial charge is 0.389 e. The molecule has 1 atom stereocenters. The van der Waals surface area contributed by atoms with Crippen LogP contribution in [-0.4, -0.2) is 15.0 Å². The standard InChI is InChI=1S/C13H12N2O3S/c1-9(16)10-5-6-12(11(8-10)15(17)18)19-13-4-2-3-7-14-13/h2-9,16H,1H3/t9-/m0/s1. The molecular weight excluding hydrogens is 264 g/mol. The molecule has 0 amide bonds. The Balaban J connectivity index is 2.37. The molecule has 1 N–H and O–H groups in total. The van der Waals surface area contributed by atoms with E-state index in [0.717, 1.165) is 0 Å². The summed E-state index contributed by atoms with van der Waals surface area (Å²) in [6.07, 6.45) is 0.908. The predicted octanol–water partition coefficient (Wildman–Crippen LogP) is 3.19.